The Labute approximate surface area is 239 Å². The molecule has 2 aromatic carbocycles. The molecular formula is C33H36O8. The lowest BCUT2D eigenvalue weighted by Gasteiger charge is -2.46. The molecule has 3 aliphatic rings. The number of methoxy groups -OCH3 is 1. The number of benzene rings is 2. The van der Waals surface area contributed by atoms with E-state index in [9.17, 15) is 34.8 Å². The van der Waals surface area contributed by atoms with E-state index in [2.05, 4.69) is 19.9 Å². The predicted molar refractivity (Wildman–Crippen MR) is 153 cm³/mol. The van der Waals surface area contributed by atoms with Crippen LogP contribution < -0.4 is 4.74 Å². The van der Waals surface area contributed by atoms with Gasteiger partial charge in [0.15, 0.2) is 17.2 Å². The highest BCUT2D eigenvalue weighted by atomic mass is 16.5. The minimum atomic E-state index is -2.51. The van der Waals surface area contributed by atoms with E-state index in [-0.39, 0.29) is 36.1 Å². The van der Waals surface area contributed by atoms with Crippen LogP contribution >= 0.6 is 0 Å². The summed E-state index contributed by atoms with van der Waals surface area (Å²) in [6.45, 7) is 5.43. The summed E-state index contributed by atoms with van der Waals surface area (Å²) in [5.74, 6) is -4.40. The Morgan fingerprint density at radius 3 is 2.39 bits per heavy atom. The Kier molecular flexibility index (Phi) is 7.32. The van der Waals surface area contributed by atoms with Crippen molar-refractivity contribution in [3.05, 3.63) is 63.9 Å². The van der Waals surface area contributed by atoms with E-state index >= 15 is 0 Å². The molecule has 1 fully saturated rings. The fourth-order valence-corrected chi connectivity index (χ4v) is 6.99. The van der Waals surface area contributed by atoms with E-state index in [4.69, 9.17) is 4.74 Å². The smallest absolute Gasteiger partial charge is 0.202 e. The monoisotopic (exact) mass is 560 g/mol. The van der Waals surface area contributed by atoms with E-state index in [1.54, 1.807) is 13.2 Å². The third-order valence-corrected chi connectivity index (χ3v) is 9.29. The summed E-state index contributed by atoms with van der Waals surface area (Å²) in [6.07, 6.45) is 3.08. The van der Waals surface area contributed by atoms with Gasteiger partial charge in [-0.1, -0.05) is 38.8 Å². The van der Waals surface area contributed by atoms with Crippen LogP contribution in [0.4, 0.5) is 0 Å². The zero-order valence-electron chi connectivity index (χ0n) is 23.8. The first-order valence-electron chi connectivity index (χ1n) is 14.2. The standard InChI is InChI=1S/C33H36O8/c1-5-17(6-2)11-18-7-10-26(41-4)22(12-18)21-8-9-24(35)29-23(21)14-19-13-20-15-25(36)27(16(3)34)31(38)33(20,40)32(39)28(19)30(29)37/h7-10,12,17,19-20,35,37-38,40H,5-6,11,13-15H2,1-4H3/t19-,20+,33-/m1/s1. The second-order valence-corrected chi connectivity index (χ2v) is 11.5. The quantitative estimate of drug-likeness (QED) is 0.340. The average molecular weight is 561 g/mol. The molecule has 4 N–H and O–H groups in total. The fourth-order valence-electron chi connectivity index (χ4n) is 6.99. The third-order valence-electron chi connectivity index (χ3n) is 9.29. The van der Waals surface area contributed by atoms with Gasteiger partial charge >= 0.3 is 0 Å². The van der Waals surface area contributed by atoms with Crippen molar-refractivity contribution in [3.63, 3.8) is 0 Å². The number of phenols is 1. The second kappa shape index (κ2) is 10.5. The van der Waals surface area contributed by atoms with Crippen LogP contribution in [0.5, 0.6) is 11.5 Å². The minimum absolute atomic E-state index is 0.0822. The Morgan fingerprint density at radius 1 is 1.05 bits per heavy atom. The third kappa shape index (κ3) is 4.36. The number of hydrogen-bond acceptors (Lipinski definition) is 8. The normalized spacial score (nSPS) is 23.9. The van der Waals surface area contributed by atoms with Crippen LogP contribution in [0.3, 0.4) is 0 Å². The highest BCUT2D eigenvalue weighted by molar-refractivity contribution is 6.23. The molecule has 2 aromatic rings. The van der Waals surface area contributed by atoms with Crippen molar-refractivity contribution >= 4 is 23.1 Å². The molecule has 0 saturated heterocycles. The number of fused-ring (bicyclic) bond motifs is 3. The molecule has 1 saturated carbocycles. The van der Waals surface area contributed by atoms with Crippen LogP contribution in [-0.2, 0) is 27.2 Å². The number of allylic oxidation sites excluding steroid dienone is 1. The van der Waals surface area contributed by atoms with Gasteiger partial charge in [0, 0.05) is 23.5 Å². The molecule has 5 rings (SSSR count). The van der Waals surface area contributed by atoms with Gasteiger partial charge in [-0.25, -0.2) is 0 Å². The summed E-state index contributed by atoms with van der Waals surface area (Å²) in [5, 5.41) is 44.7. The lowest BCUT2D eigenvalue weighted by atomic mass is 9.59. The molecule has 216 valence electrons. The van der Waals surface area contributed by atoms with E-state index in [0.717, 1.165) is 42.9 Å². The summed E-state index contributed by atoms with van der Waals surface area (Å²) in [7, 11) is 1.58. The van der Waals surface area contributed by atoms with Gasteiger partial charge in [-0.3, -0.25) is 14.4 Å². The number of Topliss-reactive ketones (excluding diaryl/α,β-unsaturated/α-hetero) is 3. The number of ketones is 3. The van der Waals surface area contributed by atoms with Gasteiger partial charge in [0.1, 0.15) is 28.6 Å². The Hall–Kier alpha value is -3.91. The number of hydrogen-bond donors (Lipinski definition) is 4. The number of rotatable bonds is 7. The topological polar surface area (TPSA) is 141 Å². The van der Waals surface area contributed by atoms with Crippen molar-refractivity contribution in [2.45, 2.75) is 64.9 Å². The van der Waals surface area contributed by atoms with Crippen molar-refractivity contribution in [2.75, 3.05) is 7.11 Å². The summed E-state index contributed by atoms with van der Waals surface area (Å²) < 4.78 is 5.70. The molecule has 0 spiro atoms. The number of aromatic hydroxyl groups is 1. The first-order chi connectivity index (χ1) is 19.5. The maximum Gasteiger partial charge on any atom is 0.202 e. The average Bonchev–Trinajstić information content (AvgIpc) is 2.93. The predicted octanol–water partition coefficient (Wildman–Crippen LogP) is 5.18. The zero-order chi connectivity index (χ0) is 29.8. The van der Waals surface area contributed by atoms with E-state index < -0.39 is 51.9 Å². The highest BCUT2D eigenvalue weighted by Gasteiger charge is 2.60. The zero-order valence-corrected chi connectivity index (χ0v) is 23.8. The minimum Gasteiger partial charge on any atom is -0.508 e. The molecule has 0 heterocycles. The lowest BCUT2D eigenvalue weighted by Crippen LogP contribution is -2.57. The highest BCUT2D eigenvalue weighted by Crippen LogP contribution is 2.53. The first kappa shape index (κ1) is 28.6. The molecule has 8 heteroatoms. The Balaban J connectivity index is 1.67. The summed E-state index contributed by atoms with van der Waals surface area (Å²) in [4.78, 5) is 38.6. The second-order valence-electron chi connectivity index (χ2n) is 11.5. The molecule has 3 aliphatic carbocycles. The lowest BCUT2D eigenvalue weighted by molar-refractivity contribution is -0.147. The number of carbonyl (C=O) groups is 3. The van der Waals surface area contributed by atoms with Crippen molar-refractivity contribution in [1.29, 1.82) is 0 Å². The summed E-state index contributed by atoms with van der Waals surface area (Å²) in [6, 6.07) is 9.24. The van der Waals surface area contributed by atoms with Crippen LogP contribution in [0.1, 0.15) is 63.1 Å². The molecule has 0 unspecified atom stereocenters. The Morgan fingerprint density at radius 2 is 1.76 bits per heavy atom. The molecule has 0 amide bonds. The Bertz CT molecular complexity index is 1530. The SMILES string of the molecule is CCC(CC)Cc1ccc(OC)c(-c2ccc(O)c3c2C[C@H]2C[C@H]4CC(=O)C(C(C)=O)=C(O)[C@@]4(O)C(=O)C2=C3O)c1. The van der Waals surface area contributed by atoms with Crippen LogP contribution in [0, 0.1) is 17.8 Å². The van der Waals surface area contributed by atoms with Crippen LogP contribution in [0.15, 0.2) is 47.2 Å². The van der Waals surface area contributed by atoms with Crippen molar-refractivity contribution in [2.24, 2.45) is 17.8 Å². The van der Waals surface area contributed by atoms with E-state index in [1.165, 1.54) is 6.07 Å². The van der Waals surface area contributed by atoms with Gasteiger partial charge in [-0.2, -0.15) is 0 Å². The maximum atomic E-state index is 13.8. The van der Waals surface area contributed by atoms with E-state index in [0.29, 0.717) is 17.2 Å². The molecule has 0 aromatic heterocycles. The van der Waals surface area contributed by atoms with Gasteiger partial charge in [-0.05, 0) is 72.9 Å². The van der Waals surface area contributed by atoms with Gasteiger partial charge in [0.25, 0.3) is 0 Å². The van der Waals surface area contributed by atoms with Crippen LogP contribution in [0.25, 0.3) is 16.9 Å². The molecular weight excluding hydrogens is 524 g/mol. The first-order valence-corrected chi connectivity index (χ1v) is 14.2. The number of carbonyl (C=O) groups excluding carboxylic acids is 3. The summed E-state index contributed by atoms with van der Waals surface area (Å²) in [5.41, 5.74) is 0.154. The maximum absolute atomic E-state index is 13.8. The van der Waals surface area contributed by atoms with Crippen molar-refractivity contribution < 1.29 is 39.5 Å². The van der Waals surface area contributed by atoms with Gasteiger partial charge in [0.2, 0.25) is 5.78 Å². The van der Waals surface area contributed by atoms with Gasteiger partial charge in [0.05, 0.1) is 12.7 Å². The molecule has 8 nitrogen and oxygen atoms in total. The molecule has 0 bridgehead atoms. The van der Waals surface area contributed by atoms with E-state index in [1.807, 2.05) is 12.1 Å². The van der Waals surface area contributed by atoms with Gasteiger partial charge in [-0.15, -0.1) is 0 Å². The number of aliphatic hydroxyl groups excluding tert-OH is 2. The van der Waals surface area contributed by atoms with Crippen molar-refractivity contribution in [1.82, 2.24) is 0 Å². The van der Waals surface area contributed by atoms with Crippen LogP contribution in [-0.4, -0.2) is 50.5 Å². The molecule has 41 heavy (non-hydrogen) atoms. The molecule has 3 atom stereocenters. The van der Waals surface area contributed by atoms with Gasteiger partial charge < -0.3 is 25.2 Å². The van der Waals surface area contributed by atoms with Crippen LogP contribution in [0.2, 0.25) is 0 Å². The molecule has 0 aliphatic heterocycles. The number of phenolic OH excluding ortho intramolecular Hbond substituents is 1. The van der Waals surface area contributed by atoms with Crippen molar-refractivity contribution in [3.8, 4) is 22.6 Å². The molecule has 0 radical (unpaired) electrons. The number of aliphatic hydroxyl groups is 3. The fraction of sp³-hybridized carbons (Fsp3) is 0.424. The number of ether oxygens (including phenoxy) is 1. The summed E-state index contributed by atoms with van der Waals surface area (Å²) >= 11 is 0. The largest absolute Gasteiger partial charge is 0.508 e.